The Hall–Kier alpha value is -4.83. The van der Waals surface area contributed by atoms with Gasteiger partial charge in [-0.2, -0.15) is 0 Å². The molecule has 0 radical (unpaired) electrons. The number of nitrogens with one attached hydrogen (secondary N) is 1. The van der Waals surface area contributed by atoms with E-state index in [1.165, 1.54) is 16.0 Å². The van der Waals surface area contributed by atoms with Gasteiger partial charge >= 0.3 is 5.97 Å². The minimum atomic E-state index is -1.86. The number of carbonyl (C=O) groups is 4. The van der Waals surface area contributed by atoms with Crippen LogP contribution in [-0.2, 0) is 20.8 Å². The number of carboxylic acid groups (broad SMARTS) is 1. The predicted molar refractivity (Wildman–Crippen MR) is 151 cm³/mol. The van der Waals surface area contributed by atoms with Gasteiger partial charge in [-0.3, -0.25) is 24.3 Å². The summed E-state index contributed by atoms with van der Waals surface area (Å²) in [5.41, 5.74) is 1.97. The lowest BCUT2D eigenvalue weighted by Gasteiger charge is -2.41. The van der Waals surface area contributed by atoms with Gasteiger partial charge in [0.2, 0.25) is 5.91 Å². The number of rotatable bonds is 10. The molecule has 3 aromatic rings. The van der Waals surface area contributed by atoms with Crippen LogP contribution < -0.4 is 5.32 Å². The smallest absolute Gasteiger partial charge is 0.334 e. The molecule has 0 spiro atoms. The molecule has 2 heterocycles. The fourth-order valence-corrected chi connectivity index (χ4v) is 4.79. The third-order valence-electron chi connectivity index (χ3n) is 6.80. The van der Waals surface area contributed by atoms with Crippen molar-refractivity contribution >= 4 is 29.4 Å². The number of aliphatic hydroxyl groups is 1. The molecule has 212 valence electrons. The summed E-state index contributed by atoms with van der Waals surface area (Å²) in [6.45, 7) is 3.17. The Morgan fingerprint density at radius 1 is 0.976 bits per heavy atom. The highest BCUT2D eigenvalue weighted by Crippen LogP contribution is 2.31. The van der Waals surface area contributed by atoms with Crippen LogP contribution in [0.4, 0.5) is 0 Å². The topological polar surface area (TPSA) is 140 Å². The number of hydrogen-bond donors (Lipinski definition) is 3. The molecule has 3 atom stereocenters. The van der Waals surface area contributed by atoms with E-state index in [2.05, 4.69) is 10.3 Å². The van der Waals surface area contributed by atoms with Crippen molar-refractivity contribution in [1.82, 2.24) is 20.1 Å². The first kappa shape index (κ1) is 29.2. The summed E-state index contributed by atoms with van der Waals surface area (Å²) in [6, 6.07) is 19.0. The molecule has 3 N–H and O–H groups in total. The number of amides is 3. The Bertz CT molecular complexity index is 1410. The number of pyridine rings is 1. The van der Waals surface area contributed by atoms with Gasteiger partial charge in [-0.25, -0.2) is 4.79 Å². The van der Waals surface area contributed by atoms with Crippen LogP contribution >= 0.6 is 0 Å². The zero-order chi connectivity index (χ0) is 29.5. The lowest BCUT2D eigenvalue weighted by molar-refractivity contribution is -0.149. The summed E-state index contributed by atoms with van der Waals surface area (Å²) >= 11 is 0. The summed E-state index contributed by atoms with van der Waals surface area (Å²) in [5, 5.41) is 22.4. The zero-order valence-electron chi connectivity index (χ0n) is 22.8. The van der Waals surface area contributed by atoms with Gasteiger partial charge in [0.25, 0.3) is 11.8 Å². The van der Waals surface area contributed by atoms with Crippen molar-refractivity contribution in [3.8, 4) is 0 Å². The lowest BCUT2D eigenvalue weighted by atomic mass is 9.96. The second-order valence-corrected chi connectivity index (χ2v) is 10.1. The molecular weight excluding hydrogens is 524 g/mol. The molecule has 0 fully saturated rings. The molecule has 1 aliphatic rings. The third kappa shape index (κ3) is 6.85. The first-order valence-electron chi connectivity index (χ1n) is 13.2. The van der Waals surface area contributed by atoms with E-state index in [9.17, 15) is 29.4 Å². The molecule has 1 aromatic heterocycles. The normalized spacial score (nSPS) is 16.6. The van der Waals surface area contributed by atoms with Gasteiger partial charge in [-0.15, -0.1) is 0 Å². The van der Waals surface area contributed by atoms with E-state index in [0.717, 1.165) is 5.56 Å². The van der Waals surface area contributed by atoms with E-state index in [4.69, 9.17) is 0 Å². The van der Waals surface area contributed by atoms with Crippen LogP contribution in [0.5, 0.6) is 0 Å². The Kier molecular flexibility index (Phi) is 9.26. The first-order chi connectivity index (χ1) is 19.7. The number of carboxylic acids is 1. The highest BCUT2D eigenvalue weighted by Gasteiger charge is 2.41. The van der Waals surface area contributed by atoms with Crippen molar-refractivity contribution < 1.29 is 29.4 Å². The van der Waals surface area contributed by atoms with E-state index in [0.29, 0.717) is 16.8 Å². The van der Waals surface area contributed by atoms with Gasteiger partial charge in [-0.1, -0.05) is 74.5 Å². The monoisotopic (exact) mass is 556 g/mol. The Labute approximate surface area is 237 Å². The average Bonchev–Trinajstić information content (AvgIpc) is 2.98. The van der Waals surface area contributed by atoms with Crippen LogP contribution in [0.1, 0.15) is 35.3 Å². The van der Waals surface area contributed by atoms with Crippen molar-refractivity contribution in [3.63, 3.8) is 0 Å². The molecule has 0 saturated carbocycles. The van der Waals surface area contributed by atoms with E-state index in [1.807, 2.05) is 19.9 Å². The van der Waals surface area contributed by atoms with Gasteiger partial charge in [0.15, 0.2) is 6.10 Å². The summed E-state index contributed by atoms with van der Waals surface area (Å²) in [6.07, 6.45) is 2.75. The molecule has 0 aliphatic carbocycles. The maximum absolute atomic E-state index is 14.0. The minimum absolute atomic E-state index is 0.0668. The Morgan fingerprint density at radius 3 is 2.22 bits per heavy atom. The van der Waals surface area contributed by atoms with Gasteiger partial charge in [0, 0.05) is 18.6 Å². The van der Waals surface area contributed by atoms with Crippen LogP contribution in [0.25, 0.3) is 5.70 Å². The maximum atomic E-state index is 14.0. The van der Waals surface area contributed by atoms with E-state index < -0.39 is 48.4 Å². The second-order valence-electron chi connectivity index (χ2n) is 10.1. The fraction of sp³-hybridized carbons (Fsp3) is 0.258. The number of hydrogen-bond acceptors (Lipinski definition) is 6. The van der Waals surface area contributed by atoms with E-state index in [-0.39, 0.29) is 12.3 Å². The van der Waals surface area contributed by atoms with Crippen LogP contribution in [0, 0.1) is 5.92 Å². The average molecular weight is 557 g/mol. The number of carbonyl (C=O) groups excluding carboxylic acids is 3. The van der Waals surface area contributed by atoms with Gasteiger partial charge in [-0.05, 0) is 35.6 Å². The first-order valence-corrected chi connectivity index (χ1v) is 13.2. The molecule has 10 heteroatoms. The zero-order valence-corrected chi connectivity index (χ0v) is 22.8. The lowest BCUT2D eigenvalue weighted by Crippen LogP contribution is -2.57. The molecule has 2 unspecified atom stereocenters. The predicted octanol–water partition coefficient (Wildman–Crippen LogP) is 2.56. The molecule has 3 amide bonds. The summed E-state index contributed by atoms with van der Waals surface area (Å²) in [7, 11) is 0. The standard InChI is InChI=1S/C31H32N4O6/c1-20(2)27-30(39)34(19-26(36)33-24(28(37)31(40)41)16-21-10-5-3-6-11-21)25(22-12-7-4-8-13-22)18-35(27)29(38)23-14-9-15-32-17-23/h3-15,17-18,20,24,27-28,37H,16,19H2,1-2H3,(H,33,36)(H,40,41)/t24-,27?,28?/m0/s1. The maximum Gasteiger partial charge on any atom is 0.334 e. The second kappa shape index (κ2) is 13.0. The van der Waals surface area contributed by atoms with Crippen molar-refractivity contribution in [2.75, 3.05) is 6.54 Å². The SMILES string of the molecule is CC(C)C1C(=O)N(CC(=O)N[C@@H](Cc2ccccc2)C(O)C(=O)O)C(c2ccccc2)=CN1C(=O)c1cccnc1. The molecule has 4 rings (SSSR count). The van der Waals surface area contributed by atoms with Crippen molar-refractivity contribution in [2.45, 2.75) is 38.5 Å². The molecule has 0 bridgehead atoms. The molecule has 10 nitrogen and oxygen atoms in total. The molecule has 1 aliphatic heterocycles. The van der Waals surface area contributed by atoms with Crippen LogP contribution in [0.15, 0.2) is 91.4 Å². The summed E-state index contributed by atoms with van der Waals surface area (Å²) in [4.78, 5) is 59.2. The number of aromatic nitrogens is 1. The van der Waals surface area contributed by atoms with E-state index >= 15 is 0 Å². The van der Waals surface area contributed by atoms with Crippen LogP contribution in [0.2, 0.25) is 0 Å². The summed E-state index contributed by atoms with van der Waals surface area (Å²) in [5.74, 6) is -3.31. The highest BCUT2D eigenvalue weighted by atomic mass is 16.4. The van der Waals surface area contributed by atoms with Crippen LogP contribution in [-0.4, -0.2) is 73.4 Å². The number of aliphatic hydroxyl groups excluding tert-OH is 1. The minimum Gasteiger partial charge on any atom is -0.479 e. The molecular formula is C31H32N4O6. The fourth-order valence-electron chi connectivity index (χ4n) is 4.79. The third-order valence-corrected chi connectivity index (χ3v) is 6.80. The molecule has 0 saturated heterocycles. The number of aliphatic carboxylic acids is 1. The number of benzene rings is 2. The number of nitrogens with zero attached hydrogens (tertiary/aromatic N) is 3. The summed E-state index contributed by atoms with van der Waals surface area (Å²) < 4.78 is 0. The Balaban J connectivity index is 1.67. The van der Waals surface area contributed by atoms with Gasteiger partial charge < -0.3 is 20.4 Å². The van der Waals surface area contributed by atoms with E-state index in [1.54, 1.807) is 79.1 Å². The Morgan fingerprint density at radius 2 is 1.63 bits per heavy atom. The largest absolute Gasteiger partial charge is 0.479 e. The highest BCUT2D eigenvalue weighted by molar-refractivity contribution is 6.03. The van der Waals surface area contributed by atoms with Gasteiger partial charge in [0.1, 0.15) is 12.6 Å². The molecule has 41 heavy (non-hydrogen) atoms. The van der Waals surface area contributed by atoms with Crippen molar-refractivity contribution in [2.24, 2.45) is 5.92 Å². The van der Waals surface area contributed by atoms with Crippen molar-refractivity contribution in [1.29, 1.82) is 0 Å². The quantitative estimate of drug-likeness (QED) is 0.349. The van der Waals surface area contributed by atoms with Crippen molar-refractivity contribution in [3.05, 3.63) is 108 Å². The van der Waals surface area contributed by atoms with Gasteiger partial charge in [0.05, 0.1) is 17.3 Å². The molecule has 2 aromatic carbocycles. The van der Waals surface area contributed by atoms with Crippen LogP contribution in [0.3, 0.4) is 0 Å².